The molecular weight excluding hydrogens is 500 g/mol. The summed E-state index contributed by atoms with van der Waals surface area (Å²) in [7, 11) is 2.14. The summed E-state index contributed by atoms with van der Waals surface area (Å²) in [5.74, 6) is 1.66. The molecule has 1 aliphatic carbocycles. The molecular formula is C31H40N8O. The highest BCUT2D eigenvalue weighted by Crippen LogP contribution is 2.34. The number of carbonyl (C=O) groups is 1. The van der Waals surface area contributed by atoms with Gasteiger partial charge in [0.1, 0.15) is 5.82 Å². The first-order chi connectivity index (χ1) is 19.4. The number of rotatable bonds is 4. The summed E-state index contributed by atoms with van der Waals surface area (Å²) in [6.07, 6.45) is 6.85. The molecule has 0 spiro atoms. The van der Waals surface area contributed by atoms with Crippen LogP contribution in [0.15, 0.2) is 42.6 Å². The molecule has 0 atom stereocenters. The average molecular weight is 541 g/mol. The van der Waals surface area contributed by atoms with Gasteiger partial charge in [0.25, 0.3) is 0 Å². The maximum Gasteiger partial charge on any atom is 0.317 e. The molecule has 3 N–H and O–H groups in total. The zero-order chi connectivity index (χ0) is 27.6. The van der Waals surface area contributed by atoms with Crippen LogP contribution in [0, 0.1) is 6.92 Å². The number of nitrogens with two attached hydrogens (primary N) is 1. The number of carbonyl (C=O) groups excluding carboxylic acids is 1. The van der Waals surface area contributed by atoms with E-state index in [-0.39, 0.29) is 18.0 Å². The van der Waals surface area contributed by atoms with Crippen molar-refractivity contribution >= 4 is 17.8 Å². The minimum Gasteiger partial charge on any atom is -0.368 e. The number of likely N-dealkylation sites (N-methyl/N-ethyl adjacent to an activating group) is 1. The smallest absolute Gasteiger partial charge is 0.317 e. The highest BCUT2D eigenvalue weighted by molar-refractivity contribution is 5.75. The van der Waals surface area contributed by atoms with E-state index < -0.39 is 0 Å². The van der Waals surface area contributed by atoms with E-state index in [4.69, 9.17) is 5.73 Å². The number of urea groups is 1. The van der Waals surface area contributed by atoms with Crippen molar-refractivity contribution in [1.82, 2.24) is 30.1 Å². The van der Waals surface area contributed by atoms with E-state index in [1.165, 1.54) is 22.4 Å². The SMILES string of the molecule is Cc1cccnc1C1CCC(NC(=O)N2CCc3ccc(-c4cc(N5CCN(C)CC5)nc(N)n4)cc3C2)CC1. The summed E-state index contributed by atoms with van der Waals surface area (Å²) in [5, 5.41) is 3.33. The van der Waals surface area contributed by atoms with E-state index in [0.29, 0.717) is 12.5 Å². The summed E-state index contributed by atoms with van der Waals surface area (Å²) in [6.45, 7) is 7.32. The third-order valence-corrected chi connectivity index (χ3v) is 8.85. The lowest BCUT2D eigenvalue weighted by molar-refractivity contribution is 0.183. The van der Waals surface area contributed by atoms with Crippen LogP contribution in [0.5, 0.6) is 0 Å². The number of aromatic nitrogens is 3. The van der Waals surface area contributed by atoms with Crippen molar-refractivity contribution in [3.63, 3.8) is 0 Å². The first-order valence-corrected chi connectivity index (χ1v) is 14.6. The van der Waals surface area contributed by atoms with Crippen LogP contribution in [-0.4, -0.2) is 76.6 Å². The Bertz CT molecular complexity index is 1360. The van der Waals surface area contributed by atoms with Gasteiger partial charge in [-0.05, 0) is 74.9 Å². The van der Waals surface area contributed by atoms with Gasteiger partial charge >= 0.3 is 6.03 Å². The predicted molar refractivity (Wildman–Crippen MR) is 158 cm³/mol. The molecule has 3 aromatic rings. The molecule has 2 aromatic heterocycles. The molecule has 2 fully saturated rings. The minimum atomic E-state index is 0.0390. The molecule has 1 aromatic carbocycles. The van der Waals surface area contributed by atoms with Crippen molar-refractivity contribution in [2.75, 3.05) is 50.4 Å². The summed E-state index contributed by atoms with van der Waals surface area (Å²) in [5.41, 5.74) is 12.9. The molecule has 1 saturated heterocycles. The van der Waals surface area contributed by atoms with Gasteiger partial charge in [-0.25, -0.2) is 9.78 Å². The van der Waals surface area contributed by atoms with Gasteiger partial charge < -0.3 is 25.8 Å². The van der Waals surface area contributed by atoms with Crippen LogP contribution < -0.4 is 16.0 Å². The number of piperazine rings is 1. The monoisotopic (exact) mass is 540 g/mol. The van der Waals surface area contributed by atoms with Crippen molar-refractivity contribution in [2.45, 2.75) is 57.5 Å². The fourth-order valence-electron chi connectivity index (χ4n) is 6.39. The van der Waals surface area contributed by atoms with Crippen molar-refractivity contribution in [3.8, 4) is 11.3 Å². The van der Waals surface area contributed by atoms with E-state index in [0.717, 1.165) is 81.9 Å². The Labute approximate surface area is 236 Å². The number of hydrogen-bond donors (Lipinski definition) is 2. The molecule has 4 heterocycles. The van der Waals surface area contributed by atoms with Gasteiger partial charge in [0.05, 0.1) is 5.69 Å². The first kappa shape index (κ1) is 26.5. The van der Waals surface area contributed by atoms with E-state index in [9.17, 15) is 4.79 Å². The Hall–Kier alpha value is -3.72. The second kappa shape index (κ2) is 11.4. The molecule has 40 heavy (non-hydrogen) atoms. The normalized spacial score (nSPS) is 21.6. The third kappa shape index (κ3) is 5.75. The van der Waals surface area contributed by atoms with Gasteiger partial charge in [0.15, 0.2) is 0 Å². The molecule has 9 nitrogen and oxygen atoms in total. The van der Waals surface area contributed by atoms with E-state index >= 15 is 0 Å². The van der Waals surface area contributed by atoms with E-state index in [1.807, 2.05) is 23.2 Å². The fraction of sp³-hybridized carbons (Fsp3) is 0.484. The highest BCUT2D eigenvalue weighted by Gasteiger charge is 2.28. The number of nitrogens with zero attached hydrogens (tertiary/aromatic N) is 6. The maximum atomic E-state index is 13.3. The van der Waals surface area contributed by atoms with Gasteiger partial charge in [-0.3, -0.25) is 4.98 Å². The molecule has 0 bridgehead atoms. The van der Waals surface area contributed by atoms with E-state index in [2.05, 4.69) is 68.3 Å². The number of fused-ring (bicyclic) bond motifs is 1. The second-order valence-electron chi connectivity index (χ2n) is 11.6. The number of benzene rings is 1. The van der Waals surface area contributed by atoms with Crippen LogP contribution in [0.1, 0.15) is 54.0 Å². The predicted octanol–water partition coefficient (Wildman–Crippen LogP) is 3.98. The molecule has 0 radical (unpaired) electrons. The summed E-state index contributed by atoms with van der Waals surface area (Å²) in [6, 6.07) is 12.9. The van der Waals surface area contributed by atoms with Crippen LogP contribution in [0.3, 0.4) is 0 Å². The Morgan fingerprint density at radius 1 is 0.975 bits per heavy atom. The van der Waals surface area contributed by atoms with Gasteiger partial charge in [-0.2, -0.15) is 4.98 Å². The topological polar surface area (TPSA) is 104 Å². The van der Waals surface area contributed by atoms with Crippen molar-refractivity contribution in [1.29, 1.82) is 0 Å². The van der Waals surface area contributed by atoms with Crippen molar-refractivity contribution in [2.24, 2.45) is 0 Å². The molecule has 9 heteroatoms. The van der Waals surface area contributed by atoms with Crippen LogP contribution in [0.25, 0.3) is 11.3 Å². The van der Waals surface area contributed by atoms with E-state index in [1.54, 1.807) is 0 Å². The fourth-order valence-corrected chi connectivity index (χ4v) is 6.39. The summed E-state index contributed by atoms with van der Waals surface area (Å²) in [4.78, 5) is 33.5. The molecule has 6 rings (SSSR count). The molecule has 1 saturated carbocycles. The van der Waals surface area contributed by atoms with Gasteiger partial charge in [0, 0.05) is 74.7 Å². The number of hydrogen-bond acceptors (Lipinski definition) is 7. The maximum absolute atomic E-state index is 13.3. The van der Waals surface area contributed by atoms with Crippen LogP contribution >= 0.6 is 0 Å². The number of pyridine rings is 1. The Balaban J connectivity index is 1.10. The second-order valence-corrected chi connectivity index (χ2v) is 11.6. The summed E-state index contributed by atoms with van der Waals surface area (Å²) >= 11 is 0. The largest absolute Gasteiger partial charge is 0.368 e. The highest BCUT2D eigenvalue weighted by atomic mass is 16.2. The Morgan fingerprint density at radius 3 is 2.55 bits per heavy atom. The quantitative estimate of drug-likeness (QED) is 0.516. The zero-order valence-electron chi connectivity index (χ0n) is 23.6. The van der Waals surface area contributed by atoms with Crippen molar-refractivity contribution < 1.29 is 4.79 Å². The van der Waals surface area contributed by atoms with Crippen LogP contribution in [-0.2, 0) is 13.0 Å². The lowest BCUT2D eigenvalue weighted by Crippen LogP contribution is -2.47. The molecule has 210 valence electrons. The van der Waals surface area contributed by atoms with Crippen molar-refractivity contribution in [3.05, 3.63) is 65.0 Å². The number of nitrogens with one attached hydrogen (secondary N) is 1. The minimum absolute atomic E-state index is 0.0390. The molecule has 0 unspecified atom stereocenters. The number of nitrogen functional groups attached to an aromatic ring is 1. The standard InChI is InChI=1S/C31H40N8O/c1-21-4-3-12-33-29(21)23-7-9-26(10-8-23)34-31(40)39-13-11-22-5-6-24(18-25(22)20-39)27-19-28(36-30(32)35-27)38-16-14-37(2)15-17-38/h3-6,12,18-19,23,26H,7-11,13-17,20H2,1-2H3,(H,34,40)(H2,32,35,36). The molecule has 2 amide bonds. The lowest BCUT2D eigenvalue weighted by Gasteiger charge is -2.34. The third-order valence-electron chi connectivity index (χ3n) is 8.85. The van der Waals surface area contributed by atoms with Gasteiger partial charge in [0.2, 0.25) is 5.95 Å². The molecule has 3 aliphatic rings. The first-order valence-electron chi connectivity index (χ1n) is 14.6. The lowest BCUT2D eigenvalue weighted by atomic mass is 9.82. The van der Waals surface area contributed by atoms with Crippen LogP contribution in [0.2, 0.25) is 0 Å². The molecule has 2 aliphatic heterocycles. The summed E-state index contributed by atoms with van der Waals surface area (Å²) < 4.78 is 0. The average Bonchev–Trinajstić information content (AvgIpc) is 2.97. The Kier molecular flexibility index (Phi) is 7.56. The number of anilines is 2. The van der Waals surface area contributed by atoms with Gasteiger partial charge in [-0.15, -0.1) is 0 Å². The number of aryl methyl sites for hydroxylation is 1. The van der Waals surface area contributed by atoms with Gasteiger partial charge in [-0.1, -0.05) is 18.2 Å². The Morgan fingerprint density at radius 2 is 1.77 bits per heavy atom. The zero-order valence-corrected chi connectivity index (χ0v) is 23.6. The van der Waals surface area contributed by atoms with Crippen LogP contribution in [0.4, 0.5) is 16.6 Å². The number of amides is 2.